The number of pyridine rings is 1. The summed E-state index contributed by atoms with van der Waals surface area (Å²) in [5, 5.41) is 3.14. The van der Waals surface area contributed by atoms with Crippen molar-refractivity contribution in [3.05, 3.63) is 42.1 Å². The predicted molar refractivity (Wildman–Crippen MR) is 91.5 cm³/mol. The zero-order valence-corrected chi connectivity index (χ0v) is 14.4. The number of nitrogens with zero attached hydrogens (tertiary/aromatic N) is 1. The van der Waals surface area contributed by atoms with E-state index in [1.807, 2.05) is 20.8 Å². The highest BCUT2D eigenvalue weighted by molar-refractivity contribution is 7.92. The van der Waals surface area contributed by atoms with Crippen LogP contribution >= 0.6 is 0 Å². The van der Waals surface area contributed by atoms with Gasteiger partial charge in [-0.1, -0.05) is 6.07 Å². The Hall–Kier alpha value is -2.28. The zero-order chi connectivity index (χ0) is 17.0. The van der Waals surface area contributed by atoms with Gasteiger partial charge in [0.05, 0.1) is 19.0 Å². The van der Waals surface area contributed by atoms with Crippen LogP contribution in [0.15, 0.2) is 41.4 Å². The fraction of sp³-hybridized carbons (Fsp3) is 0.312. The van der Waals surface area contributed by atoms with Crippen LogP contribution in [0, 0.1) is 6.92 Å². The molecule has 7 heteroatoms. The minimum atomic E-state index is -3.75. The van der Waals surface area contributed by atoms with Gasteiger partial charge in [-0.05, 0) is 50.6 Å². The third-order valence-electron chi connectivity index (χ3n) is 3.06. The van der Waals surface area contributed by atoms with E-state index in [-0.39, 0.29) is 10.9 Å². The largest absolute Gasteiger partial charge is 0.495 e. The lowest BCUT2D eigenvalue weighted by Crippen LogP contribution is -2.15. The molecule has 0 bridgehead atoms. The molecule has 0 aliphatic rings. The van der Waals surface area contributed by atoms with Crippen LogP contribution in [0.2, 0.25) is 0 Å². The Labute approximate surface area is 137 Å². The Kier molecular flexibility index (Phi) is 5.10. The van der Waals surface area contributed by atoms with Gasteiger partial charge in [0.25, 0.3) is 10.0 Å². The van der Waals surface area contributed by atoms with Crippen molar-refractivity contribution >= 4 is 21.5 Å². The van der Waals surface area contributed by atoms with E-state index in [9.17, 15) is 8.42 Å². The Morgan fingerprint density at radius 2 is 1.91 bits per heavy atom. The van der Waals surface area contributed by atoms with Gasteiger partial charge < -0.3 is 10.1 Å². The maximum atomic E-state index is 12.6. The minimum Gasteiger partial charge on any atom is -0.495 e. The van der Waals surface area contributed by atoms with Gasteiger partial charge in [-0.2, -0.15) is 0 Å². The molecule has 0 unspecified atom stereocenters. The van der Waals surface area contributed by atoms with Crippen LogP contribution < -0.4 is 14.8 Å². The summed E-state index contributed by atoms with van der Waals surface area (Å²) in [4.78, 5) is 4.29. The van der Waals surface area contributed by atoms with E-state index in [0.717, 1.165) is 5.56 Å². The zero-order valence-electron chi connectivity index (χ0n) is 13.6. The van der Waals surface area contributed by atoms with Crippen LogP contribution in [-0.4, -0.2) is 26.6 Å². The van der Waals surface area contributed by atoms with E-state index in [2.05, 4.69) is 15.0 Å². The van der Waals surface area contributed by atoms with Gasteiger partial charge in [0.15, 0.2) is 0 Å². The molecule has 2 N–H and O–H groups in total. The molecule has 1 heterocycles. The molecule has 6 nitrogen and oxygen atoms in total. The maximum Gasteiger partial charge on any atom is 0.265 e. The highest BCUT2D eigenvalue weighted by atomic mass is 32.2. The summed E-state index contributed by atoms with van der Waals surface area (Å²) in [6.07, 6.45) is 1.48. The summed E-state index contributed by atoms with van der Waals surface area (Å²) in [7, 11) is -2.31. The fourth-order valence-electron chi connectivity index (χ4n) is 2.04. The number of methoxy groups -OCH3 is 1. The number of ether oxygens (including phenoxy) is 1. The second kappa shape index (κ2) is 6.87. The summed E-state index contributed by atoms with van der Waals surface area (Å²) < 4.78 is 32.8. The van der Waals surface area contributed by atoms with Gasteiger partial charge in [-0.15, -0.1) is 0 Å². The molecule has 0 saturated carbocycles. The number of aryl methyl sites for hydroxylation is 1. The quantitative estimate of drug-likeness (QED) is 0.848. The molecule has 2 rings (SSSR count). The predicted octanol–water partition coefficient (Wildman–Crippen LogP) is 3.02. The van der Waals surface area contributed by atoms with E-state index in [0.29, 0.717) is 17.3 Å². The molecule has 1 aromatic heterocycles. The van der Waals surface area contributed by atoms with Crippen molar-refractivity contribution in [1.29, 1.82) is 0 Å². The van der Waals surface area contributed by atoms with Crippen molar-refractivity contribution in [1.82, 2.24) is 4.98 Å². The highest BCUT2D eigenvalue weighted by Crippen LogP contribution is 2.26. The van der Waals surface area contributed by atoms with E-state index >= 15 is 0 Å². The van der Waals surface area contributed by atoms with Gasteiger partial charge in [0.2, 0.25) is 0 Å². The van der Waals surface area contributed by atoms with Gasteiger partial charge in [-0.25, -0.2) is 13.4 Å². The molecular formula is C16H21N3O3S. The second-order valence-corrected chi connectivity index (χ2v) is 7.14. The third-order valence-corrected chi connectivity index (χ3v) is 4.46. The first-order valence-electron chi connectivity index (χ1n) is 7.22. The molecule has 0 atom stereocenters. The number of rotatable bonds is 6. The molecule has 0 aliphatic heterocycles. The Morgan fingerprint density at radius 3 is 2.48 bits per heavy atom. The van der Waals surface area contributed by atoms with E-state index in [1.54, 1.807) is 30.3 Å². The van der Waals surface area contributed by atoms with Crippen LogP contribution in [-0.2, 0) is 10.0 Å². The molecule has 0 fully saturated rings. The second-order valence-electron chi connectivity index (χ2n) is 5.49. The average Bonchev–Trinajstić information content (AvgIpc) is 2.48. The first-order chi connectivity index (χ1) is 10.8. The molecule has 0 amide bonds. The number of hydrogen-bond acceptors (Lipinski definition) is 5. The number of sulfonamides is 1. The number of nitrogens with one attached hydrogen (secondary N) is 2. The Morgan fingerprint density at radius 1 is 1.17 bits per heavy atom. The molecule has 2 aromatic rings. The maximum absolute atomic E-state index is 12.6. The van der Waals surface area contributed by atoms with Crippen LogP contribution in [0.5, 0.6) is 5.75 Å². The van der Waals surface area contributed by atoms with Crippen LogP contribution in [0.4, 0.5) is 11.5 Å². The normalized spacial score (nSPS) is 11.3. The first kappa shape index (κ1) is 17.1. The molecule has 0 saturated heterocycles. The van der Waals surface area contributed by atoms with E-state index < -0.39 is 10.0 Å². The summed E-state index contributed by atoms with van der Waals surface area (Å²) in [5.41, 5.74) is 1.23. The standard InChI is InChI=1S/C16H21N3O3S/c1-11(2)18-16-8-6-13(10-17-16)19-23(20,21)15-9-12(3)5-7-14(15)22-4/h5-11,19H,1-4H3,(H,17,18). The molecule has 1 aromatic carbocycles. The van der Waals surface area contributed by atoms with Crippen molar-refractivity contribution in [3.8, 4) is 5.75 Å². The number of benzene rings is 1. The van der Waals surface area contributed by atoms with Crippen LogP contribution in [0.1, 0.15) is 19.4 Å². The highest BCUT2D eigenvalue weighted by Gasteiger charge is 2.20. The van der Waals surface area contributed by atoms with E-state index in [1.165, 1.54) is 13.3 Å². The lowest BCUT2D eigenvalue weighted by atomic mass is 10.2. The van der Waals surface area contributed by atoms with Crippen molar-refractivity contribution in [2.75, 3.05) is 17.1 Å². The summed E-state index contributed by atoms with van der Waals surface area (Å²) in [6, 6.07) is 8.65. The third kappa shape index (κ3) is 4.35. The number of aromatic nitrogens is 1. The summed E-state index contributed by atoms with van der Waals surface area (Å²) in [5.74, 6) is 0.991. The average molecular weight is 335 g/mol. The van der Waals surface area contributed by atoms with Gasteiger partial charge in [0, 0.05) is 6.04 Å². The molecule has 124 valence electrons. The first-order valence-corrected chi connectivity index (χ1v) is 8.70. The van der Waals surface area contributed by atoms with Gasteiger partial charge in [0.1, 0.15) is 16.5 Å². The molecule has 23 heavy (non-hydrogen) atoms. The molecule has 0 aliphatic carbocycles. The fourth-order valence-corrected chi connectivity index (χ4v) is 3.34. The topological polar surface area (TPSA) is 80.3 Å². The van der Waals surface area contributed by atoms with Crippen molar-refractivity contribution < 1.29 is 13.2 Å². The van der Waals surface area contributed by atoms with Crippen molar-refractivity contribution in [2.45, 2.75) is 31.7 Å². The van der Waals surface area contributed by atoms with E-state index in [4.69, 9.17) is 4.74 Å². The molecule has 0 radical (unpaired) electrons. The van der Waals surface area contributed by atoms with Crippen LogP contribution in [0.25, 0.3) is 0 Å². The minimum absolute atomic E-state index is 0.101. The monoisotopic (exact) mass is 335 g/mol. The Balaban J connectivity index is 2.26. The summed E-state index contributed by atoms with van der Waals surface area (Å²) >= 11 is 0. The number of anilines is 2. The molecular weight excluding hydrogens is 314 g/mol. The van der Waals surface area contributed by atoms with Gasteiger partial charge in [-0.3, -0.25) is 4.72 Å². The summed E-state index contributed by atoms with van der Waals surface area (Å²) in [6.45, 7) is 5.83. The smallest absolute Gasteiger partial charge is 0.265 e. The lowest BCUT2D eigenvalue weighted by molar-refractivity contribution is 0.402. The van der Waals surface area contributed by atoms with Crippen LogP contribution in [0.3, 0.4) is 0 Å². The van der Waals surface area contributed by atoms with Crippen molar-refractivity contribution in [2.24, 2.45) is 0 Å². The lowest BCUT2D eigenvalue weighted by Gasteiger charge is -2.13. The molecule has 0 spiro atoms. The van der Waals surface area contributed by atoms with Crippen molar-refractivity contribution in [3.63, 3.8) is 0 Å². The SMILES string of the molecule is COc1ccc(C)cc1S(=O)(=O)Nc1ccc(NC(C)C)nc1. The number of hydrogen-bond donors (Lipinski definition) is 2. The van der Waals surface area contributed by atoms with Gasteiger partial charge >= 0.3 is 0 Å². The Bertz CT molecular complexity index is 772.